The molecule has 9 aromatic carbocycles. The lowest BCUT2D eigenvalue weighted by Crippen LogP contribution is -2.74. The summed E-state index contributed by atoms with van der Waals surface area (Å²) < 4.78 is 0. The third-order valence-electron chi connectivity index (χ3n) is 12.5. The Balaban J connectivity index is 1.21. The first-order valence-corrected chi connectivity index (χ1v) is 23.7. The Morgan fingerprint density at radius 1 is 0.317 bits per heavy atom. The van der Waals surface area contributed by atoms with Crippen LogP contribution in [0.3, 0.4) is 0 Å². The van der Waals surface area contributed by atoms with Crippen molar-refractivity contribution in [2.45, 2.75) is 12.3 Å². The molecule has 2 nitrogen and oxygen atoms in total. The van der Waals surface area contributed by atoms with Gasteiger partial charge in [0.1, 0.15) is 0 Å². The molecule has 0 atom stereocenters. The molecule has 10 aromatic rings. The van der Waals surface area contributed by atoms with Crippen molar-refractivity contribution in [3.8, 4) is 33.9 Å². The van der Waals surface area contributed by atoms with E-state index in [2.05, 4.69) is 268 Å². The van der Waals surface area contributed by atoms with E-state index in [0.717, 1.165) is 39.2 Å². The van der Waals surface area contributed by atoms with E-state index in [4.69, 9.17) is 9.97 Å². The molecule has 63 heavy (non-hydrogen) atoms. The van der Waals surface area contributed by atoms with Gasteiger partial charge in [-0.1, -0.05) is 249 Å². The molecule has 0 aliphatic carbocycles. The third kappa shape index (κ3) is 7.23. The van der Waals surface area contributed by atoms with Crippen LogP contribution in [0.1, 0.15) is 27.8 Å². The maximum absolute atomic E-state index is 5.52. The molecule has 3 heteroatoms. The summed E-state index contributed by atoms with van der Waals surface area (Å²) in [5, 5.41) is 5.29. The highest BCUT2D eigenvalue weighted by Gasteiger charge is 2.42. The van der Waals surface area contributed by atoms with Crippen molar-refractivity contribution in [3.05, 3.63) is 289 Å². The van der Waals surface area contributed by atoms with Gasteiger partial charge in [-0.05, 0) is 67.6 Å². The lowest BCUT2D eigenvalue weighted by Gasteiger charge is -2.37. The minimum absolute atomic E-state index is 0.606. The first-order valence-electron chi connectivity index (χ1n) is 21.7. The fourth-order valence-corrected chi connectivity index (χ4v) is 14.5. The van der Waals surface area contributed by atoms with Gasteiger partial charge < -0.3 is 0 Å². The Hall–Kier alpha value is -7.72. The zero-order chi connectivity index (χ0) is 42.5. The molecule has 0 unspecified atom stereocenters. The van der Waals surface area contributed by atoms with Gasteiger partial charge in [0.15, 0.2) is 13.9 Å². The van der Waals surface area contributed by atoms with Gasteiger partial charge in [-0.2, -0.15) is 0 Å². The summed E-state index contributed by atoms with van der Waals surface area (Å²) in [5.41, 5.74) is 10.1. The van der Waals surface area contributed by atoms with Crippen LogP contribution < -0.4 is 20.7 Å². The predicted octanol–water partition coefficient (Wildman–Crippen LogP) is 11.5. The van der Waals surface area contributed by atoms with Gasteiger partial charge in [0.2, 0.25) is 0 Å². The quantitative estimate of drug-likeness (QED) is 0.0959. The third-order valence-corrected chi connectivity index (χ3v) is 17.3. The molecule has 0 bridgehead atoms. The highest BCUT2D eigenvalue weighted by atomic mass is 28.3. The average molecular weight is 823 g/mol. The second-order valence-corrected chi connectivity index (χ2v) is 19.9. The zero-order valence-electron chi connectivity index (χ0n) is 35.2. The number of rotatable bonds is 11. The van der Waals surface area contributed by atoms with Crippen LogP contribution in [0.5, 0.6) is 0 Å². The summed E-state index contributed by atoms with van der Waals surface area (Å²) in [7, 11) is -2.80. The van der Waals surface area contributed by atoms with E-state index < -0.39 is 13.5 Å². The van der Waals surface area contributed by atoms with Gasteiger partial charge in [0.05, 0.1) is 16.8 Å². The Bertz CT molecular complexity index is 2720. The van der Waals surface area contributed by atoms with E-state index in [0.29, 0.717) is 5.82 Å². The van der Waals surface area contributed by atoms with Crippen LogP contribution in [-0.4, -0.2) is 18.0 Å². The summed E-state index contributed by atoms with van der Waals surface area (Å²) >= 11 is 0. The van der Waals surface area contributed by atoms with Crippen LogP contribution in [0.25, 0.3) is 33.9 Å². The maximum Gasteiger partial charge on any atom is 0.179 e. The number of hydrogen-bond acceptors (Lipinski definition) is 2. The average Bonchev–Trinajstić information content (AvgIpc) is 3.37. The minimum Gasteiger partial charge on any atom is -0.228 e. The molecule has 0 N–H and O–H groups in total. The molecule has 0 saturated carbocycles. The number of aryl methyl sites for hydroxylation is 1. The summed E-state index contributed by atoms with van der Waals surface area (Å²) in [6.45, 7) is 2.16. The second-order valence-electron chi connectivity index (χ2n) is 16.1. The van der Waals surface area contributed by atoms with E-state index in [1.54, 1.807) is 0 Å². The predicted molar refractivity (Wildman–Crippen MR) is 265 cm³/mol. The molecule has 0 aliphatic rings. The molecular weight excluding hydrogens is 777 g/mol. The zero-order valence-corrected chi connectivity index (χ0v) is 36.2. The number of benzene rings is 9. The molecule has 0 spiro atoms. The Kier molecular flexibility index (Phi) is 10.8. The molecule has 300 valence electrons. The standard InChI is InChI=1S/C60H46N2Si/c1-45-24-20-21-41-56(45)58-44-57(46-25-23-40-55(43-46)63(52-34-14-5-15-35-52,53-36-16-6-17-37-53)54-38-18-7-19-39-54)61-59(62-58)47-26-22-33-51(42-47)60(48-27-8-2-9-28-48,49-29-10-3-11-30-49)50-31-12-4-13-32-50/h2-44H,1H3. The number of hydrogen-bond donors (Lipinski definition) is 0. The lowest BCUT2D eigenvalue weighted by molar-refractivity contribution is 0.745. The van der Waals surface area contributed by atoms with Crippen molar-refractivity contribution in [2.75, 3.05) is 0 Å². The number of nitrogens with zero attached hydrogens (tertiary/aromatic N) is 2. The molecule has 0 aliphatic heterocycles. The summed E-state index contributed by atoms with van der Waals surface area (Å²) in [6.07, 6.45) is 0. The van der Waals surface area contributed by atoms with E-state index in [1.165, 1.54) is 37.4 Å². The Labute approximate surface area is 371 Å². The van der Waals surface area contributed by atoms with Gasteiger partial charge in [-0.25, -0.2) is 9.97 Å². The van der Waals surface area contributed by atoms with Crippen LogP contribution >= 0.6 is 0 Å². The summed E-state index contributed by atoms with van der Waals surface area (Å²) in [5.74, 6) is 0.679. The monoisotopic (exact) mass is 822 g/mol. The molecule has 1 heterocycles. The van der Waals surface area contributed by atoms with Gasteiger partial charge in [-0.3, -0.25) is 0 Å². The largest absolute Gasteiger partial charge is 0.228 e. The Morgan fingerprint density at radius 3 is 1.22 bits per heavy atom. The topological polar surface area (TPSA) is 25.8 Å². The van der Waals surface area contributed by atoms with Crippen LogP contribution in [0, 0.1) is 6.92 Å². The van der Waals surface area contributed by atoms with Crippen LogP contribution in [-0.2, 0) is 5.41 Å². The number of aromatic nitrogens is 2. The van der Waals surface area contributed by atoms with Gasteiger partial charge >= 0.3 is 0 Å². The SMILES string of the molecule is Cc1ccccc1-c1cc(-c2cccc([Si](c3ccccc3)(c3ccccc3)c3ccccc3)c2)nc(-c2cccc(C(c3ccccc3)(c3ccccc3)c3ccccc3)c2)n1. The lowest BCUT2D eigenvalue weighted by atomic mass is 9.65. The first kappa shape index (κ1) is 39.4. The highest BCUT2D eigenvalue weighted by molar-refractivity contribution is 7.19. The summed E-state index contributed by atoms with van der Waals surface area (Å²) in [4.78, 5) is 10.9. The molecule has 0 radical (unpaired) electrons. The highest BCUT2D eigenvalue weighted by Crippen LogP contribution is 2.46. The first-order chi connectivity index (χ1) is 31.2. The molecule has 10 rings (SSSR count). The van der Waals surface area contributed by atoms with Crippen molar-refractivity contribution >= 4 is 28.8 Å². The van der Waals surface area contributed by atoms with Crippen molar-refractivity contribution in [2.24, 2.45) is 0 Å². The van der Waals surface area contributed by atoms with Gasteiger partial charge in [0, 0.05) is 16.7 Å². The van der Waals surface area contributed by atoms with Crippen molar-refractivity contribution in [1.82, 2.24) is 9.97 Å². The fourth-order valence-electron chi connectivity index (χ4n) is 9.65. The molecular formula is C60H46N2Si. The van der Waals surface area contributed by atoms with Crippen molar-refractivity contribution in [3.63, 3.8) is 0 Å². The van der Waals surface area contributed by atoms with E-state index >= 15 is 0 Å². The van der Waals surface area contributed by atoms with Crippen LogP contribution in [0.4, 0.5) is 0 Å². The smallest absolute Gasteiger partial charge is 0.179 e. The van der Waals surface area contributed by atoms with E-state index in [9.17, 15) is 0 Å². The van der Waals surface area contributed by atoms with Gasteiger partial charge in [0.25, 0.3) is 0 Å². The second kappa shape index (κ2) is 17.3. The van der Waals surface area contributed by atoms with Crippen molar-refractivity contribution < 1.29 is 0 Å². The minimum atomic E-state index is -2.80. The molecule has 0 fully saturated rings. The van der Waals surface area contributed by atoms with Crippen LogP contribution in [0.15, 0.2) is 261 Å². The van der Waals surface area contributed by atoms with Crippen LogP contribution in [0.2, 0.25) is 0 Å². The maximum atomic E-state index is 5.52. The molecule has 1 aromatic heterocycles. The normalized spacial score (nSPS) is 11.6. The van der Waals surface area contributed by atoms with Gasteiger partial charge in [-0.15, -0.1) is 0 Å². The van der Waals surface area contributed by atoms with Crippen molar-refractivity contribution in [1.29, 1.82) is 0 Å². The molecule has 0 amide bonds. The fraction of sp³-hybridized carbons (Fsp3) is 0.0333. The molecule has 0 saturated heterocycles. The Morgan fingerprint density at radius 2 is 0.714 bits per heavy atom. The van der Waals surface area contributed by atoms with E-state index in [1.807, 2.05) is 0 Å². The summed E-state index contributed by atoms with van der Waals surface area (Å²) in [6, 6.07) is 94.6. The van der Waals surface area contributed by atoms with E-state index in [-0.39, 0.29) is 0 Å².